The fourth-order valence-corrected chi connectivity index (χ4v) is 2.99. The molecule has 2 rings (SSSR count). The van der Waals surface area contributed by atoms with Gasteiger partial charge in [-0.2, -0.15) is 0 Å². The second-order valence-electron chi connectivity index (χ2n) is 5.25. The number of halogens is 2. The van der Waals surface area contributed by atoms with E-state index in [0.29, 0.717) is 28.8 Å². The highest BCUT2D eigenvalue weighted by molar-refractivity contribution is 6.31. The van der Waals surface area contributed by atoms with Gasteiger partial charge in [0.1, 0.15) is 5.82 Å². The molecular weight excluding hydrogens is 237 g/mol. The molecule has 0 bridgehead atoms. The van der Waals surface area contributed by atoms with Crippen LogP contribution in [0.2, 0.25) is 5.02 Å². The first-order chi connectivity index (χ1) is 8.08. The lowest BCUT2D eigenvalue weighted by Crippen LogP contribution is -2.37. The molecule has 3 heteroatoms. The number of hydrogen-bond acceptors (Lipinski definition) is 1. The predicted octanol–water partition coefficient (Wildman–Crippen LogP) is 3.79. The molecule has 1 aromatic carbocycles. The third kappa shape index (κ3) is 2.99. The van der Waals surface area contributed by atoms with Crippen LogP contribution in [0.1, 0.15) is 31.7 Å². The normalized spacial score (nSPS) is 29.3. The van der Waals surface area contributed by atoms with E-state index in [-0.39, 0.29) is 11.9 Å². The van der Waals surface area contributed by atoms with E-state index in [1.807, 2.05) is 0 Å². The Morgan fingerprint density at radius 1 is 1.41 bits per heavy atom. The van der Waals surface area contributed by atoms with Gasteiger partial charge in [-0.15, -0.1) is 0 Å². The summed E-state index contributed by atoms with van der Waals surface area (Å²) in [6.45, 7) is 2.24. The fraction of sp³-hybridized carbons (Fsp3) is 0.571. The van der Waals surface area contributed by atoms with Crippen molar-refractivity contribution in [3.8, 4) is 0 Å². The number of benzene rings is 1. The predicted molar refractivity (Wildman–Crippen MR) is 69.6 cm³/mol. The highest BCUT2D eigenvalue weighted by Gasteiger charge is 2.27. The van der Waals surface area contributed by atoms with Crippen LogP contribution in [0.3, 0.4) is 0 Å². The molecule has 1 fully saturated rings. The van der Waals surface area contributed by atoms with Crippen molar-refractivity contribution in [2.24, 2.45) is 17.6 Å². The second kappa shape index (κ2) is 5.36. The maximum atomic E-state index is 13.7. The molecule has 0 aromatic heterocycles. The Kier molecular flexibility index (Phi) is 4.05. The second-order valence-corrected chi connectivity index (χ2v) is 5.65. The van der Waals surface area contributed by atoms with Crippen LogP contribution in [0.4, 0.5) is 4.39 Å². The average molecular weight is 256 g/mol. The van der Waals surface area contributed by atoms with Gasteiger partial charge in [0, 0.05) is 16.6 Å². The maximum absolute atomic E-state index is 13.7. The molecule has 0 radical (unpaired) electrons. The van der Waals surface area contributed by atoms with Crippen molar-refractivity contribution in [2.45, 2.75) is 38.6 Å². The van der Waals surface area contributed by atoms with E-state index in [1.54, 1.807) is 12.1 Å². The van der Waals surface area contributed by atoms with Crippen molar-refractivity contribution >= 4 is 11.6 Å². The fourth-order valence-electron chi connectivity index (χ4n) is 2.75. The van der Waals surface area contributed by atoms with Gasteiger partial charge in [0.05, 0.1) is 0 Å². The van der Waals surface area contributed by atoms with Gasteiger partial charge in [0.2, 0.25) is 0 Å². The Hall–Kier alpha value is -0.600. The van der Waals surface area contributed by atoms with Crippen LogP contribution in [0.25, 0.3) is 0 Å². The molecule has 17 heavy (non-hydrogen) atoms. The summed E-state index contributed by atoms with van der Waals surface area (Å²) in [6.07, 6.45) is 3.96. The summed E-state index contributed by atoms with van der Waals surface area (Å²) in [5.74, 6) is 0.835. The summed E-state index contributed by atoms with van der Waals surface area (Å²) in [5, 5.41) is 0.524. The molecule has 1 nitrogen and oxygen atoms in total. The lowest BCUT2D eigenvalue weighted by Gasteiger charge is -2.32. The summed E-state index contributed by atoms with van der Waals surface area (Å²) in [7, 11) is 0. The summed E-state index contributed by atoms with van der Waals surface area (Å²) >= 11 is 6.05. The van der Waals surface area contributed by atoms with Gasteiger partial charge in [-0.1, -0.05) is 24.6 Å². The summed E-state index contributed by atoms with van der Waals surface area (Å²) in [5.41, 5.74) is 6.75. The molecule has 1 aliphatic carbocycles. The average Bonchev–Trinajstić information content (AvgIpc) is 2.28. The minimum absolute atomic E-state index is 0.182. The third-order valence-electron chi connectivity index (χ3n) is 3.83. The minimum atomic E-state index is -0.206. The molecule has 3 atom stereocenters. The SMILES string of the molecule is CC1CCC(N)C(Cc2c(F)cccc2Cl)C1. The molecule has 94 valence electrons. The quantitative estimate of drug-likeness (QED) is 0.855. The Balaban J connectivity index is 2.14. The lowest BCUT2D eigenvalue weighted by molar-refractivity contribution is 0.243. The Morgan fingerprint density at radius 3 is 2.88 bits per heavy atom. The molecule has 0 amide bonds. The number of hydrogen-bond donors (Lipinski definition) is 1. The van der Waals surface area contributed by atoms with E-state index in [1.165, 1.54) is 12.5 Å². The van der Waals surface area contributed by atoms with E-state index in [9.17, 15) is 4.39 Å². The van der Waals surface area contributed by atoms with Gasteiger partial charge in [-0.25, -0.2) is 4.39 Å². The van der Waals surface area contributed by atoms with Crippen molar-refractivity contribution in [3.63, 3.8) is 0 Å². The van der Waals surface area contributed by atoms with Crippen LogP contribution in [-0.4, -0.2) is 6.04 Å². The minimum Gasteiger partial charge on any atom is -0.327 e. The highest BCUT2D eigenvalue weighted by Crippen LogP contribution is 2.32. The van der Waals surface area contributed by atoms with Crippen molar-refractivity contribution in [1.29, 1.82) is 0 Å². The van der Waals surface area contributed by atoms with Crippen LogP contribution < -0.4 is 5.73 Å². The zero-order valence-corrected chi connectivity index (χ0v) is 10.9. The standard InChI is InChI=1S/C14H19ClFN/c1-9-5-6-14(17)10(7-9)8-11-12(15)3-2-4-13(11)16/h2-4,9-10,14H,5-8,17H2,1H3. The highest BCUT2D eigenvalue weighted by atomic mass is 35.5. The smallest absolute Gasteiger partial charge is 0.127 e. The van der Waals surface area contributed by atoms with Crippen molar-refractivity contribution < 1.29 is 4.39 Å². The molecule has 0 saturated heterocycles. The monoisotopic (exact) mass is 255 g/mol. The topological polar surface area (TPSA) is 26.0 Å². The Morgan fingerprint density at radius 2 is 2.18 bits per heavy atom. The van der Waals surface area contributed by atoms with Crippen LogP contribution >= 0.6 is 11.6 Å². The summed E-state index contributed by atoms with van der Waals surface area (Å²) in [6, 6.07) is 5.04. The van der Waals surface area contributed by atoms with E-state index in [0.717, 1.165) is 12.8 Å². The van der Waals surface area contributed by atoms with E-state index in [2.05, 4.69) is 6.92 Å². The molecule has 2 N–H and O–H groups in total. The molecule has 1 saturated carbocycles. The van der Waals surface area contributed by atoms with E-state index >= 15 is 0 Å². The summed E-state index contributed by atoms with van der Waals surface area (Å²) in [4.78, 5) is 0. The Labute approximate surface area is 107 Å². The van der Waals surface area contributed by atoms with E-state index < -0.39 is 0 Å². The first-order valence-corrected chi connectivity index (χ1v) is 6.64. The van der Waals surface area contributed by atoms with Gasteiger partial charge in [0.15, 0.2) is 0 Å². The van der Waals surface area contributed by atoms with Crippen molar-refractivity contribution in [1.82, 2.24) is 0 Å². The molecule has 0 heterocycles. The van der Waals surface area contributed by atoms with Crippen LogP contribution in [0.15, 0.2) is 18.2 Å². The number of rotatable bonds is 2. The van der Waals surface area contributed by atoms with Crippen LogP contribution in [-0.2, 0) is 6.42 Å². The largest absolute Gasteiger partial charge is 0.327 e. The number of nitrogens with two attached hydrogens (primary N) is 1. The molecule has 1 aliphatic rings. The third-order valence-corrected chi connectivity index (χ3v) is 4.19. The molecule has 3 unspecified atom stereocenters. The lowest BCUT2D eigenvalue weighted by atomic mass is 9.76. The first kappa shape index (κ1) is 12.8. The van der Waals surface area contributed by atoms with Gasteiger partial charge in [-0.05, 0) is 49.7 Å². The summed E-state index contributed by atoms with van der Waals surface area (Å²) < 4.78 is 13.7. The van der Waals surface area contributed by atoms with Crippen LogP contribution in [0, 0.1) is 17.7 Å². The zero-order valence-electron chi connectivity index (χ0n) is 10.1. The van der Waals surface area contributed by atoms with Gasteiger partial charge in [0.25, 0.3) is 0 Å². The van der Waals surface area contributed by atoms with Crippen molar-refractivity contribution in [2.75, 3.05) is 0 Å². The van der Waals surface area contributed by atoms with Crippen LogP contribution in [0.5, 0.6) is 0 Å². The molecular formula is C14H19ClFN. The Bertz CT molecular complexity index is 374. The molecule has 0 aliphatic heterocycles. The van der Waals surface area contributed by atoms with Gasteiger partial charge >= 0.3 is 0 Å². The van der Waals surface area contributed by atoms with E-state index in [4.69, 9.17) is 17.3 Å². The zero-order chi connectivity index (χ0) is 12.4. The molecule has 1 aromatic rings. The van der Waals surface area contributed by atoms with Crippen molar-refractivity contribution in [3.05, 3.63) is 34.6 Å². The van der Waals surface area contributed by atoms with Gasteiger partial charge < -0.3 is 5.73 Å². The van der Waals surface area contributed by atoms with Gasteiger partial charge in [-0.3, -0.25) is 0 Å². The maximum Gasteiger partial charge on any atom is 0.127 e. The first-order valence-electron chi connectivity index (χ1n) is 6.26. The molecule has 0 spiro atoms.